The summed E-state index contributed by atoms with van der Waals surface area (Å²) in [7, 11) is 1.59. The minimum absolute atomic E-state index is 0.158. The molecule has 18 heavy (non-hydrogen) atoms. The molecule has 0 aliphatic heterocycles. The molecule has 0 atom stereocenters. The third kappa shape index (κ3) is 3.28. The van der Waals surface area contributed by atoms with Crippen molar-refractivity contribution in [1.29, 1.82) is 0 Å². The zero-order valence-electron chi connectivity index (χ0n) is 9.96. The lowest BCUT2D eigenvalue weighted by Gasteiger charge is -2.05. The molecule has 1 N–H and O–H groups in total. The van der Waals surface area contributed by atoms with E-state index in [2.05, 4.69) is 15.3 Å². The van der Waals surface area contributed by atoms with E-state index >= 15 is 0 Å². The average Bonchev–Trinajstić information content (AvgIpc) is 2.40. The van der Waals surface area contributed by atoms with Gasteiger partial charge in [0, 0.05) is 12.4 Å². The van der Waals surface area contributed by atoms with Gasteiger partial charge in [-0.2, -0.15) is 0 Å². The number of anilines is 1. The number of aromatic nitrogens is 2. The smallest absolute Gasteiger partial charge is 0.231 e. The molecule has 0 aliphatic rings. The summed E-state index contributed by atoms with van der Waals surface area (Å²) in [5.41, 5.74) is 0.878. The van der Waals surface area contributed by atoms with Gasteiger partial charge in [0.15, 0.2) is 0 Å². The number of amides is 1. The fourth-order valence-electron chi connectivity index (χ4n) is 1.50. The van der Waals surface area contributed by atoms with E-state index in [9.17, 15) is 4.79 Å². The minimum Gasteiger partial charge on any atom is -0.497 e. The highest BCUT2D eigenvalue weighted by atomic mass is 16.5. The number of ether oxygens (including phenoxy) is 1. The van der Waals surface area contributed by atoms with Crippen LogP contribution in [-0.2, 0) is 11.2 Å². The topological polar surface area (TPSA) is 64.1 Å². The number of methoxy groups -OCH3 is 1. The number of nitrogens with zero attached hydrogens (tertiary/aromatic N) is 2. The number of hydrogen-bond acceptors (Lipinski definition) is 4. The van der Waals surface area contributed by atoms with Crippen molar-refractivity contribution < 1.29 is 9.53 Å². The number of benzene rings is 1. The number of hydrogen-bond donors (Lipinski definition) is 1. The molecule has 0 saturated carbocycles. The lowest BCUT2D eigenvalue weighted by molar-refractivity contribution is -0.115. The van der Waals surface area contributed by atoms with Gasteiger partial charge in [-0.1, -0.05) is 12.1 Å². The molecule has 92 valence electrons. The number of rotatable bonds is 4. The van der Waals surface area contributed by atoms with Gasteiger partial charge in [0.2, 0.25) is 11.9 Å². The summed E-state index contributed by atoms with van der Waals surface area (Å²) < 4.78 is 5.10. The van der Waals surface area contributed by atoms with Crippen LogP contribution in [0.25, 0.3) is 0 Å². The molecule has 1 aromatic carbocycles. The second-order valence-corrected chi connectivity index (χ2v) is 3.65. The van der Waals surface area contributed by atoms with Gasteiger partial charge in [0.25, 0.3) is 0 Å². The van der Waals surface area contributed by atoms with Gasteiger partial charge in [0.05, 0.1) is 13.5 Å². The standard InChI is InChI=1S/C13H13N3O2/c1-18-11-5-2-4-10(8-11)9-12(17)16-13-14-6-3-7-15-13/h2-8H,9H2,1H3,(H,14,15,16,17). The van der Waals surface area contributed by atoms with Crippen LogP contribution in [0, 0.1) is 0 Å². The van der Waals surface area contributed by atoms with Crippen LogP contribution in [0.2, 0.25) is 0 Å². The molecule has 1 amide bonds. The molecule has 0 aliphatic carbocycles. The van der Waals surface area contributed by atoms with E-state index in [1.54, 1.807) is 25.6 Å². The van der Waals surface area contributed by atoms with Crippen LogP contribution >= 0.6 is 0 Å². The maximum atomic E-state index is 11.7. The summed E-state index contributed by atoms with van der Waals surface area (Å²) in [5.74, 6) is 0.885. The lowest BCUT2D eigenvalue weighted by Crippen LogP contribution is -2.16. The van der Waals surface area contributed by atoms with E-state index < -0.39 is 0 Å². The molecular weight excluding hydrogens is 230 g/mol. The predicted molar refractivity (Wildman–Crippen MR) is 67.4 cm³/mol. The van der Waals surface area contributed by atoms with Crippen molar-refractivity contribution in [3.05, 3.63) is 48.3 Å². The van der Waals surface area contributed by atoms with E-state index in [0.29, 0.717) is 5.95 Å². The quantitative estimate of drug-likeness (QED) is 0.887. The van der Waals surface area contributed by atoms with Crippen molar-refractivity contribution in [1.82, 2.24) is 9.97 Å². The van der Waals surface area contributed by atoms with Gasteiger partial charge in [-0.3, -0.25) is 10.1 Å². The van der Waals surface area contributed by atoms with Crippen LogP contribution in [0.3, 0.4) is 0 Å². The van der Waals surface area contributed by atoms with Gasteiger partial charge in [-0.15, -0.1) is 0 Å². The van der Waals surface area contributed by atoms with Crippen molar-refractivity contribution in [2.24, 2.45) is 0 Å². The zero-order chi connectivity index (χ0) is 12.8. The summed E-state index contributed by atoms with van der Waals surface area (Å²) in [6, 6.07) is 9.07. The van der Waals surface area contributed by atoms with Gasteiger partial charge >= 0.3 is 0 Å². The third-order valence-corrected chi connectivity index (χ3v) is 2.32. The molecule has 0 radical (unpaired) electrons. The predicted octanol–water partition coefficient (Wildman–Crippen LogP) is 1.67. The molecule has 1 heterocycles. The number of carbonyl (C=O) groups is 1. The lowest BCUT2D eigenvalue weighted by atomic mass is 10.1. The van der Waals surface area contributed by atoms with Crippen molar-refractivity contribution in [2.75, 3.05) is 12.4 Å². The van der Waals surface area contributed by atoms with Crippen LogP contribution in [0.1, 0.15) is 5.56 Å². The summed E-state index contributed by atoms with van der Waals surface area (Å²) in [4.78, 5) is 19.6. The Hall–Kier alpha value is -2.43. The Morgan fingerprint density at radius 3 is 2.78 bits per heavy atom. The molecule has 2 aromatic rings. The third-order valence-electron chi connectivity index (χ3n) is 2.32. The maximum absolute atomic E-state index is 11.7. The molecule has 0 fully saturated rings. The molecule has 5 nitrogen and oxygen atoms in total. The Labute approximate surface area is 105 Å². The van der Waals surface area contributed by atoms with Crippen LogP contribution in [0.5, 0.6) is 5.75 Å². The fraction of sp³-hybridized carbons (Fsp3) is 0.154. The Bertz CT molecular complexity index is 529. The Balaban J connectivity index is 1.99. The van der Waals surface area contributed by atoms with Crippen molar-refractivity contribution in [3.63, 3.8) is 0 Å². The van der Waals surface area contributed by atoms with Crippen LogP contribution in [0.4, 0.5) is 5.95 Å². The number of nitrogens with one attached hydrogen (secondary N) is 1. The van der Waals surface area contributed by atoms with E-state index in [1.165, 1.54) is 0 Å². The molecular formula is C13H13N3O2. The van der Waals surface area contributed by atoms with Crippen LogP contribution in [0.15, 0.2) is 42.7 Å². The maximum Gasteiger partial charge on any atom is 0.231 e. The highest BCUT2D eigenvalue weighted by molar-refractivity contribution is 5.90. The number of carbonyl (C=O) groups excluding carboxylic acids is 1. The summed E-state index contributed by atoms with van der Waals surface area (Å²) in [6.45, 7) is 0. The summed E-state index contributed by atoms with van der Waals surface area (Å²) in [6.07, 6.45) is 3.41. The highest BCUT2D eigenvalue weighted by Gasteiger charge is 2.06. The normalized spacial score (nSPS) is 9.83. The average molecular weight is 243 g/mol. The monoisotopic (exact) mass is 243 g/mol. The first kappa shape index (κ1) is 12.0. The molecule has 0 saturated heterocycles. The zero-order valence-corrected chi connectivity index (χ0v) is 9.96. The van der Waals surface area contributed by atoms with Gasteiger partial charge in [0.1, 0.15) is 5.75 Å². The first-order valence-corrected chi connectivity index (χ1v) is 5.48. The molecule has 0 bridgehead atoms. The van der Waals surface area contributed by atoms with Gasteiger partial charge in [-0.05, 0) is 23.8 Å². The second-order valence-electron chi connectivity index (χ2n) is 3.65. The second kappa shape index (κ2) is 5.77. The summed E-state index contributed by atoms with van der Waals surface area (Å²) in [5, 5.41) is 2.63. The minimum atomic E-state index is -0.158. The van der Waals surface area contributed by atoms with Crippen molar-refractivity contribution in [2.45, 2.75) is 6.42 Å². The van der Waals surface area contributed by atoms with E-state index in [-0.39, 0.29) is 12.3 Å². The van der Waals surface area contributed by atoms with Crippen molar-refractivity contribution in [3.8, 4) is 5.75 Å². The first-order valence-electron chi connectivity index (χ1n) is 5.48. The van der Waals surface area contributed by atoms with Crippen LogP contribution < -0.4 is 10.1 Å². The Kier molecular flexibility index (Phi) is 3.86. The summed E-state index contributed by atoms with van der Waals surface area (Å²) >= 11 is 0. The highest BCUT2D eigenvalue weighted by Crippen LogP contribution is 2.13. The molecule has 5 heteroatoms. The molecule has 2 rings (SSSR count). The molecule has 0 unspecified atom stereocenters. The molecule has 0 spiro atoms. The van der Waals surface area contributed by atoms with E-state index in [0.717, 1.165) is 11.3 Å². The Morgan fingerprint density at radius 1 is 1.28 bits per heavy atom. The van der Waals surface area contributed by atoms with E-state index in [1.807, 2.05) is 24.3 Å². The van der Waals surface area contributed by atoms with Gasteiger partial charge < -0.3 is 4.74 Å². The SMILES string of the molecule is COc1cccc(CC(=O)Nc2ncccn2)c1. The first-order chi connectivity index (χ1) is 8.78. The van der Waals surface area contributed by atoms with Crippen LogP contribution in [-0.4, -0.2) is 23.0 Å². The van der Waals surface area contributed by atoms with E-state index in [4.69, 9.17) is 4.74 Å². The largest absolute Gasteiger partial charge is 0.497 e. The van der Waals surface area contributed by atoms with Crippen molar-refractivity contribution >= 4 is 11.9 Å². The molecule has 1 aromatic heterocycles. The fourth-order valence-corrected chi connectivity index (χ4v) is 1.50. The Morgan fingerprint density at radius 2 is 2.06 bits per heavy atom. The van der Waals surface area contributed by atoms with Gasteiger partial charge in [-0.25, -0.2) is 9.97 Å².